The molecule has 1 aromatic heterocycles. The number of aliphatic hydroxyl groups is 3. The summed E-state index contributed by atoms with van der Waals surface area (Å²) in [6, 6.07) is 8.93. The number of aryl methyl sites for hydroxylation is 2. The Bertz CT molecular complexity index is 890. The lowest BCUT2D eigenvalue weighted by Crippen LogP contribution is -2.43. The van der Waals surface area contributed by atoms with Gasteiger partial charge in [0.25, 0.3) is 5.56 Å². The van der Waals surface area contributed by atoms with Crippen molar-refractivity contribution in [3.63, 3.8) is 0 Å². The summed E-state index contributed by atoms with van der Waals surface area (Å²) < 4.78 is 7.52. The molecule has 0 bridgehead atoms. The third kappa shape index (κ3) is 3.36. The molecule has 0 aliphatic carbocycles. The molecule has 4 atom stereocenters. The number of nitrogens with zero attached hydrogens (tertiary/aromatic N) is 2. The van der Waals surface area contributed by atoms with Crippen molar-refractivity contribution in [2.75, 3.05) is 6.61 Å². The van der Waals surface area contributed by atoms with Gasteiger partial charge in [-0.3, -0.25) is 13.9 Å². The van der Waals surface area contributed by atoms with Gasteiger partial charge in [0.15, 0.2) is 6.23 Å². The molecule has 0 saturated carbocycles. The summed E-state index contributed by atoms with van der Waals surface area (Å²) in [6.45, 7) is 1.65. The first-order valence-electron chi connectivity index (χ1n) is 8.43. The van der Waals surface area contributed by atoms with E-state index in [1.807, 2.05) is 31.2 Å². The summed E-state index contributed by atoms with van der Waals surface area (Å²) >= 11 is 0. The van der Waals surface area contributed by atoms with Gasteiger partial charge in [0.1, 0.15) is 18.3 Å². The third-order valence-electron chi connectivity index (χ3n) is 4.75. The fraction of sp³-hybridized carbons (Fsp3) is 0.444. The van der Waals surface area contributed by atoms with Crippen molar-refractivity contribution in [3.8, 4) is 0 Å². The highest BCUT2D eigenvalue weighted by atomic mass is 16.6. The van der Waals surface area contributed by atoms with Crippen LogP contribution in [0.15, 0.2) is 46.1 Å². The van der Waals surface area contributed by atoms with E-state index in [0.29, 0.717) is 6.42 Å². The van der Waals surface area contributed by atoms with Gasteiger partial charge in [0.2, 0.25) is 0 Å². The zero-order chi connectivity index (χ0) is 18.8. The maximum absolute atomic E-state index is 12.7. The standard InChI is InChI=1S/C18H22N2O6/c1-11-4-2-3-5-12(11)6-8-19-14(22)7-9-20(18(19)25)17-16(24)15(23)13(10-21)26-17/h2-5,7,9,13,15-17,21,23-24H,6,8,10H2,1H3. The smallest absolute Gasteiger partial charge is 0.333 e. The molecule has 1 saturated heterocycles. The Kier molecular flexibility index (Phi) is 5.38. The van der Waals surface area contributed by atoms with Gasteiger partial charge in [0, 0.05) is 18.8 Å². The van der Waals surface area contributed by atoms with Gasteiger partial charge < -0.3 is 20.1 Å². The predicted molar refractivity (Wildman–Crippen MR) is 92.9 cm³/mol. The maximum atomic E-state index is 12.7. The molecule has 2 heterocycles. The molecule has 8 heteroatoms. The molecule has 1 aromatic carbocycles. The largest absolute Gasteiger partial charge is 0.394 e. The maximum Gasteiger partial charge on any atom is 0.333 e. The number of hydrogen-bond acceptors (Lipinski definition) is 6. The first-order chi connectivity index (χ1) is 12.4. The van der Waals surface area contributed by atoms with Crippen molar-refractivity contribution >= 4 is 0 Å². The minimum absolute atomic E-state index is 0.179. The SMILES string of the molecule is Cc1ccccc1CCn1c(=O)ccn(C2OC(CO)C(O)C2O)c1=O. The summed E-state index contributed by atoms with van der Waals surface area (Å²) in [7, 11) is 0. The topological polar surface area (TPSA) is 114 Å². The number of hydrogen-bond donors (Lipinski definition) is 3. The zero-order valence-corrected chi connectivity index (χ0v) is 14.4. The molecule has 4 unspecified atom stereocenters. The second kappa shape index (κ2) is 7.55. The highest BCUT2D eigenvalue weighted by Gasteiger charge is 2.43. The molecule has 2 aromatic rings. The Balaban J connectivity index is 1.89. The van der Waals surface area contributed by atoms with Gasteiger partial charge in [-0.25, -0.2) is 4.79 Å². The van der Waals surface area contributed by atoms with Crippen molar-refractivity contribution in [1.29, 1.82) is 0 Å². The minimum Gasteiger partial charge on any atom is -0.394 e. The predicted octanol–water partition coefficient (Wildman–Crippen LogP) is -0.827. The Labute approximate surface area is 149 Å². The summed E-state index contributed by atoms with van der Waals surface area (Å²) in [4.78, 5) is 24.9. The molecule has 1 fully saturated rings. The van der Waals surface area contributed by atoms with Crippen molar-refractivity contribution in [3.05, 3.63) is 68.5 Å². The first-order valence-corrected chi connectivity index (χ1v) is 8.43. The second-order valence-electron chi connectivity index (χ2n) is 6.40. The van der Waals surface area contributed by atoms with E-state index in [1.54, 1.807) is 0 Å². The fourth-order valence-corrected chi connectivity index (χ4v) is 3.16. The Morgan fingerprint density at radius 3 is 2.50 bits per heavy atom. The third-order valence-corrected chi connectivity index (χ3v) is 4.75. The summed E-state index contributed by atoms with van der Waals surface area (Å²) in [6.07, 6.45) is -3.12. The molecule has 1 aliphatic heterocycles. The van der Waals surface area contributed by atoms with Crippen molar-refractivity contribution < 1.29 is 20.1 Å². The van der Waals surface area contributed by atoms with Crippen LogP contribution in [-0.2, 0) is 17.7 Å². The monoisotopic (exact) mass is 362 g/mol. The van der Waals surface area contributed by atoms with E-state index in [4.69, 9.17) is 4.74 Å². The average Bonchev–Trinajstić information content (AvgIpc) is 2.91. The lowest BCUT2D eigenvalue weighted by atomic mass is 10.1. The summed E-state index contributed by atoms with van der Waals surface area (Å²) in [5, 5.41) is 29.2. The Morgan fingerprint density at radius 2 is 1.85 bits per heavy atom. The molecule has 1 aliphatic rings. The number of rotatable bonds is 5. The fourth-order valence-electron chi connectivity index (χ4n) is 3.16. The minimum atomic E-state index is -1.38. The van der Waals surface area contributed by atoms with Crippen LogP contribution in [0.25, 0.3) is 0 Å². The van der Waals surface area contributed by atoms with Crippen LogP contribution in [0.5, 0.6) is 0 Å². The van der Waals surface area contributed by atoms with Crippen LogP contribution in [-0.4, -0.2) is 49.4 Å². The van der Waals surface area contributed by atoms with Gasteiger partial charge in [-0.05, 0) is 24.5 Å². The molecule has 0 spiro atoms. The van der Waals surface area contributed by atoms with Crippen molar-refractivity contribution in [1.82, 2.24) is 9.13 Å². The molecule has 0 amide bonds. The van der Waals surface area contributed by atoms with E-state index in [-0.39, 0.29) is 6.54 Å². The number of aromatic nitrogens is 2. The van der Waals surface area contributed by atoms with E-state index in [1.165, 1.54) is 12.3 Å². The van der Waals surface area contributed by atoms with Gasteiger partial charge in [0.05, 0.1) is 6.61 Å². The van der Waals surface area contributed by atoms with E-state index in [2.05, 4.69) is 0 Å². The van der Waals surface area contributed by atoms with Crippen LogP contribution in [0.4, 0.5) is 0 Å². The molecule has 3 rings (SSSR count). The zero-order valence-electron chi connectivity index (χ0n) is 14.4. The quantitative estimate of drug-likeness (QED) is 0.640. The van der Waals surface area contributed by atoms with E-state index in [9.17, 15) is 24.9 Å². The van der Waals surface area contributed by atoms with E-state index >= 15 is 0 Å². The van der Waals surface area contributed by atoms with Crippen LogP contribution < -0.4 is 11.2 Å². The second-order valence-corrected chi connectivity index (χ2v) is 6.40. The molecule has 140 valence electrons. The summed E-state index contributed by atoms with van der Waals surface area (Å²) in [5.41, 5.74) is 1.01. The lowest BCUT2D eigenvalue weighted by Gasteiger charge is -2.18. The van der Waals surface area contributed by atoms with Gasteiger partial charge >= 0.3 is 5.69 Å². The van der Waals surface area contributed by atoms with Crippen LogP contribution in [0, 0.1) is 6.92 Å². The molecular formula is C18H22N2O6. The highest BCUT2D eigenvalue weighted by Crippen LogP contribution is 2.27. The molecule has 8 nitrogen and oxygen atoms in total. The number of benzene rings is 1. The molecular weight excluding hydrogens is 340 g/mol. The molecule has 26 heavy (non-hydrogen) atoms. The van der Waals surface area contributed by atoms with E-state index < -0.39 is 42.4 Å². The van der Waals surface area contributed by atoms with Gasteiger partial charge in [-0.1, -0.05) is 24.3 Å². The summed E-state index contributed by atoms with van der Waals surface area (Å²) in [5.74, 6) is 0. The molecule has 3 N–H and O–H groups in total. The van der Waals surface area contributed by atoms with Crippen molar-refractivity contribution in [2.45, 2.75) is 44.4 Å². The van der Waals surface area contributed by atoms with Gasteiger partial charge in [-0.15, -0.1) is 0 Å². The van der Waals surface area contributed by atoms with Crippen LogP contribution in [0.3, 0.4) is 0 Å². The van der Waals surface area contributed by atoms with Crippen LogP contribution >= 0.6 is 0 Å². The number of aliphatic hydroxyl groups excluding tert-OH is 3. The average molecular weight is 362 g/mol. The Morgan fingerprint density at radius 1 is 1.12 bits per heavy atom. The Hall–Kier alpha value is -2.26. The van der Waals surface area contributed by atoms with Gasteiger partial charge in [-0.2, -0.15) is 0 Å². The lowest BCUT2D eigenvalue weighted by molar-refractivity contribution is -0.0556. The van der Waals surface area contributed by atoms with E-state index in [0.717, 1.165) is 20.3 Å². The first kappa shape index (κ1) is 18.5. The van der Waals surface area contributed by atoms with Crippen LogP contribution in [0.2, 0.25) is 0 Å². The highest BCUT2D eigenvalue weighted by molar-refractivity contribution is 5.25. The van der Waals surface area contributed by atoms with Crippen molar-refractivity contribution in [2.24, 2.45) is 0 Å². The normalized spacial score (nSPS) is 25.5. The number of ether oxygens (including phenoxy) is 1. The van der Waals surface area contributed by atoms with Crippen LogP contribution in [0.1, 0.15) is 17.4 Å². The molecule has 0 radical (unpaired) electrons.